The summed E-state index contributed by atoms with van der Waals surface area (Å²) >= 11 is 0. The quantitative estimate of drug-likeness (QED) is 0.890. The average molecular weight is 326 g/mol. The molecule has 7 heteroatoms. The van der Waals surface area contributed by atoms with E-state index in [9.17, 15) is 13.2 Å². The molecule has 0 saturated carbocycles. The summed E-state index contributed by atoms with van der Waals surface area (Å²) in [6.45, 7) is 1.60. The van der Waals surface area contributed by atoms with Crippen LogP contribution >= 0.6 is 12.4 Å². The van der Waals surface area contributed by atoms with Gasteiger partial charge in [-0.05, 0) is 50.1 Å². The van der Waals surface area contributed by atoms with Gasteiger partial charge in [0.15, 0.2) is 0 Å². The number of benzene rings is 1. The van der Waals surface area contributed by atoms with Gasteiger partial charge in [0.1, 0.15) is 11.5 Å². The third-order valence-electron chi connectivity index (χ3n) is 3.20. The van der Waals surface area contributed by atoms with E-state index in [0.717, 1.165) is 19.4 Å². The molecule has 0 radical (unpaired) electrons. The van der Waals surface area contributed by atoms with Crippen LogP contribution in [0.4, 0.5) is 13.2 Å². The van der Waals surface area contributed by atoms with Gasteiger partial charge in [-0.2, -0.15) is 0 Å². The molecule has 1 aromatic rings. The van der Waals surface area contributed by atoms with E-state index in [1.165, 1.54) is 37.1 Å². The van der Waals surface area contributed by atoms with Gasteiger partial charge < -0.3 is 14.8 Å². The molecular weight excluding hydrogens is 307 g/mol. The molecule has 1 aromatic carbocycles. The van der Waals surface area contributed by atoms with Crippen LogP contribution in [0, 0.1) is 0 Å². The first-order chi connectivity index (χ1) is 9.53. The van der Waals surface area contributed by atoms with Gasteiger partial charge in [-0.3, -0.25) is 0 Å². The maximum absolute atomic E-state index is 12.0. The Hall–Kier alpha value is -1.14. The van der Waals surface area contributed by atoms with E-state index in [4.69, 9.17) is 4.74 Å². The smallest absolute Gasteiger partial charge is 0.494 e. The van der Waals surface area contributed by atoms with Crippen molar-refractivity contribution < 1.29 is 22.6 Å². The molecule has 0 amide bonds. The highest BCUT2D eigenvalue weighted by Crippen LogP contribution is 2.24. The van der Waals surface area contributed by atoms with Crippen LogP contribution in [0.2, 0.25) is 0 Å². The Kier molecular flexibility index (Phi) is 7.11. The third kappa shape index (κ3) is 6.91. The molecule has 0 unspecified atom stereocenters. The first-order valence-electron chi connectivity index (χ1n) is 6.75. The molecule has 120 valence electrons. The summed E-state index contributed by atoms with van der Waals surface area (Å²) in [5.74, 6) is 0.314. The standard InChI is InChI=1S/C14H18F3NO2.ClH/c15-14(16,17)20-13-6-4-12(5-7-13)19-10-8-11-3-1-2-9-18-11;/h4-7,11,18H,1-3,8-10H2;1H/t11-;/m0./s1. The third-order valence-corrected chi connectivity index (χ3v) is 3.20. The van der Waals surface area contributed by atoms with E-state index >= 15 is 0 Å². The molecule has 21 heavy (non-hydrogen) atoms. The van der Waals surface area contributed by atoms with Crippen LogP contribution in [-0.4, -0.2) is 25.6 Å². The van der Waals surface area contributed by atoms with Crippen LogP contribution in [-0.2, 0) is 0 Å². The monoisotopic (exact) mass is 325 g/mol. The van der Waals surface area contributed by atoms with E-state index in [2.05, 4.69) is 10.1 Å². The number of piperidine rings is 1. The van der Waals surface area contributed by atoms with Crippen LogP contribution in [0.5, 0.6) is 11.5 Å². The normalized spacial score (nSPS) is 18.7. The summed E-state index contributed by atoms with van der Waals surface area (Å²) in [7, 11) is 0. The second-order valence-electron chi connectivity index (χ2n) is 4.80. The van der Waals surface area contributed by atoms with Crippen LogP contribution in [0.15, 0.2) is 24.3 Å². The maximum Gasteiger partial charge on any atom is 0.573 e. The number of nitrogens with one attached hydrogen (secondary N) is 1. The highest BCUT2D eigenvalue weighted by atomic mass is 35.5. The molecule has 1 aliphatic rings. The first-order valence-corrected chi connectivity index (χ1v) is 6.75. The van der Waals surface area contributed by atoms with Crippen molar-refractivity contribution in [3.8, 4) is 11.5 Å². The molecule has 1 saturated heterocycles. The fourth-order valence-corrected chi connectivity index (χ4v) is 2.23. The Balaban J connectivity index is 0.00000220. The van der Waals surface area contributed by atoms with Gasteiger partial charge in [0, 0.05) is 6.04 Å². The van der Waals surface area contributed by atoms with Gasteiger partial charge in [-0.1, -0.05) is 6.42 Å². The molecule has 0 aromatic heterocycles. The minimum atomic E-state index is -4.66. The Labute approximate surface area is 128 Å². The van der Waals surface area contributed by atoms with E-state index in [1.54, 1.807) is 0 Å². The molecule has 0 aliphatic carbocycles. The SMILES string of the molecule is Cl.FC(F)(F)Oc1ccc(OCC[C@@H]2CCCCN2)cc1. The molecule has 1 N–H and O–H groups in total. The average Bonchev–Trinajstić information content (AvgIpc) is 2.40. The van der Waals surface area contributed by atoms with Crippen molar-refractivity contribution >= 4 is 12.4 Å². The van der Waals surface area contributed by atoms with Crippen molar-refractivity contribution in [1.82, 2.24) is 5.32 Å². The fraction of sp³-hybridized carbons (Fsp3) is 0.571. The number of alkyl halides is 3. The fourth-order valence-electron chi connectivity index (χ4n) is 2.23. The predicted octanol–water partition coefficient (Wildman–Crippen LogP) is 3.92. The van der Waals surface area contributed by atoms with Gasteiger partial charge in [0.25, 0.3) is 0 Å². The Morgan fingerprint density at radius 3 is 2.33 bits per heavy atom. The van der Waals surface area contributed by atoms with Gasteiger partial charge in [-0.25, -0.2) is 0 Å². The maximum atomic E-state index is 12.0. The zero-order valence-corrected chi connectivity index (χ0v) is 12.3. The lowest BCUT2D eigenvalue weighted by Gasteiger charge is -2.23. The minimum Gasteiger partial charge on any atom is -0.494 e. The summed E-state index contributed by atoms with van der Waals surface area (Å²) in [5, 5.41) is 3.42. The molecule has 1 fully saturated rings. The first kappa shape index (κ1) is 17.9. The lowest BCUT2D eigenvalue weighted by atomic mass is 10.0. The summed E-state index contributed by atoms with van der Waals surface area (Å²) in [4.78, 5) is 0. The Morgan fingerprint density at radius 1 is 1.10 bits per heavy atom. The van der Waals surface area contributed by atoms with Gasteiger partial charge in [-0.15, -0.1) is 25.6 Å². The highest BCUT2D eigenvalue weighted by molar-refractivity contribution is 5.85. The zero-order chi connectivity index (χ0) is 14.4. The topological polar surface area (TPSA) is 30.5 Å². The number of halogens is 4. The van der Waals surface area contributed by atoms with Crippen LogP contribution in [0.3, 0.4) is 0 Å². The van der Waals surface area contributed by atoms with Crippen molar-refractivity contribution in [3.63, 3.8) is 0 Å². The Morgan fingerprint density at radius 2 is 1.76 bits per heavy atom. The minimum absolute atomic E-state index is 0. The van der Waals surface area contributed by atoms with Crippen LogP contribution in [0.1, 0.15) is 25.7 Å². The van der Waals surface area contributed by atoms with Crippen molar-refractivity contribution in [2.75, 3.05) is 13.2 Å². The molecule has 0 spiro atoms. The molecule has 1 aliphatic heterocycles. The summed E-state index contributed by atoms with van der Waals surface area (Å²) in [5.41, 5.74) is 0. The van der Waals surface area contributed by atoms with Crippen molar-refractivity contribution in [2.24, 2.45) is 0 Å². The molecule has 2 rings (SSSR count). The summed E-state index contributed by atoms with van der Waals surface area (Å²) in [6, 6.07) is 5.95. The predicted molar refractivity (Wildman–Crippen MR) is 76.1 cm³/mol. The summed E-state index contributed by atoms with van der Waals surface area (Å²) in [6.07, 6.45) is -0.142. The van der Waals surface area contributed by atoms with Crippen LogP contribution in [0.25, 0.3) is 0 Å². The number of hydrogen-bond donors (Lipinski definition) is 1. The Bertz CT molecular complexity index is 406. The lowest BCUT2D eigenvalue weighted by molar-refractivity contribution is -0.274. The molecule has 3 nitrogen and oxygen atoms in total. The van der Waals surface area contributed by atoms with Crippen LogP contribution < -0.4 is 14.8 Å². The van der Waals surface area contributed by atoms with Crippen molar-refractivity contribution in [1.29, 1.82) is 0 Å². The van der Waals surface area contributed by atoms with E-state index in [0.29, 0.717) is 18.4 Å². The lowest BCUT2D eigenvalue weighted by Crippen LogP contribution is -2.35. The zero-order valence-electron chi connectivity index (χ0n) is 11.5. The van der Waals surface area contributed by atoms with Gasteiger partial charge >= 0.3 is 6.36 Å². The number of hydrogen-bond acceptors (Lipinski definition) is 3. The number of ether oxygens (including phenoxy) is 2. The van der Waals surface area contributed by atoms with E-state index in [1.807, 2.05) is 0 Å². The molecular formula is C14H19ClF3NO2. The van der Waals surface area contributed by atoms with E-state index < -0.39 is 6.36 Å². The van der Waals surface area contributed by atoms with E-state index in [-0.39, 0.29) is 18.2 Å². The molecule has 1 heterocycles. The molecule has 1 atom stereocenters. The highest BCUT2D eigenvalue weighted by Gasteiger charge is 2.30. The van der Waals surface area contributed by atoms with Crippen molar-refractivity contribution in [3.05, 3.63) is 24.3 Å². The second-order valence-corrected chi connectivity index (χ2v) is 4.80. The summed E-state index contributed by atoms with van der Waals surface area (Å²) < 4.78 is 45.3. The largest absolute Gasteiger partial charge is 0.573 e. The van der Waals surface area contributed by atoms with Crippen molar-refractivity contribution in [2.45, 2.75) is 38.1 Å². The molecule has 0 bridgehead atoms. The second kappa shape index (κ2) is 8.34. The van der Waals surface area contributed by atoms with Gasteiger partial charge in [0.05, 0.1) is 6.61 Å². The number of rotatable bonds is 5. The van der Waals surface area contributed by atoms with Gasteiger partial charge in [0.2, 0.25) is 0 Å².